The molecule has 4 rings (SSSR count). The molecule has 194 valence electrons. The highest BCUT2D eigenvalue weighted by molar-refractivity contribution is 6.02. The molecule has 0 aromatic heterocycles. The number of benzene rings is 2. The van der Waals surface area contributed by atoms with E-state index in [4.69, 9.17) is 9.94 Å². The molecule has 0 radical (unpaired) electrons. The molecule has 0 aliphatic heterocycles. The van der Waals surface area contributed by atoms with Crippen molar-refractivity contribution < 1.29 is 27.9 Å². The Labute approximate surface area is 209 Å². The van der Waals surface area contributed by atoms with Crippen LogP contribution < -0.4 is 5.32 Å². The minimum Gasteiger partial charge on any atom is -0.481 e. The molecule has 2 N–H and O–H groups in total. The number of carboxylic acid groups (broad SMARTS) is 1. The summed E-state index contributed by atoms with van der Waals surface area (Å²) in [6.07, 6.45) is 2.92. The zero-order chi connectivity index (χ0) is 25.5. The molecular weight excluding hydrogens is 469 g/mol. The van der Waals surface area contributed by atoms with Crippen LogP contribution in [0.5, 0.6) is 0 Å². The number of oxime groups is 1. The van der Waals surface area contributed by atoms with Crippen LogP contribution in [-0.4, -0.2) is 23.3 Å². The van der Waals surface area contributed by atoms with Crippen LogP contribution in [0.3, 0.4) is 0 Å². The fourth-order valence-electron chi connectivity index (χ4n) is 5.22. The number of alkyl halides is 3. The smallest absolute Gasteiger partial charge is 0.416 e. The van der Waals surface area contributed by atoms with Gasteiger partial charge in [0.1, 0.15) is 6.61 Å². The lowest BCUT2D eigenvalue weighted by Gasteiger charge is -2.25. The van der Waals surface area contributed by atoms with Crippen molar-refractivity contribution in [2.75, 3.05) is 6.54 Å². The summed E-state index contributed by atoms with van der Waals surface area (Å²) in [4.78, 5) is 16.3. The first-order valence-electron chi connectivity index (χ1n) is 12.7. The van der Waals surface area contributed by atoms with Crippen molar-refractivity contribution in [2.45, 2.75) is 83.0 Å². The number of nitrogens with one attached hydrogen (secondary N) is 1. The van der Waals surface area contributed by atoms with Gasteiger partial charge in [-0.3, -0.25) is 4.79 Å². The zero-order valence-corrected chi connectivity index (χ0v) is 20.4. The van der Waals surface area contributed by atoms with Gasteiger partial charge in [-0.25, -0.2) is 0 Å². The minimum absolute atomic E-state index is 0.0245. The van der Waals surface area contributed by atoms with Gasteiger partial charge in [0, 0.05) is 18.7 Å². The van der Waals surface area contributed by atoms with Crippen LogP contribution in [0, 0.1) is 0 Å². The minimum atomic E-state index is -4.40. The van der Waals surface area contributed by atoms with E-state index in [1.54, 1.807) is 12.1 Å². The van der Waals surface area contributed by atoms with E-state index in [0.29, 0.717) is 24.2 Å². The third-order valence-corrected chi connectivity index (χ3v) is 7.06. The molecule has 5 nitrogen and oxygen atoms in total. The summed E-state index contributed by atoms with van der Waals surface area (Å²) in [6, 6.07) is 10.7. The third-order valence-electron chi connectivity index (χ3n) is 7.06. The second kappa shape index (κ2) is 11.9. The highest BCUT2D eigenvalue weighted by atomic mass is 19.4. The fraction of sp³-hybridized carbons (Fsp3) is 0.500. The summed E-state index contributed by atoms with van der Waals surface area (Å²) in [5.41, 5.74) is 4.27. The molecular formula is C28H33F3N2O3. The molecule has 1 saturated carbocycles. The standard InChI is InChI=1S/C28H33F3N2O3/c29-28(30,31)25-16-20(10-12-23(25)21-5-2-1-3-6-21)18-36-33-26-8-4-7-22-11-9-19(15-24(22)26)17-32-14-13-27(34)35/h9-12,15-16,21,32H,1-8,13-14,17-18H2,(H,34,35)/b33-26+. The molecule has 0 spiro atoms. The van der Waals surface area contributed by atoms with Gasteiger partial charge in [0.15, 0.2) is 0 Å². The normalized spacial score (nSPS) is 17.7. The Morgan fingerprint density at radius 2 is 1.81 bits per heavy atom. The van der Waals surface area contributed by atoms with Crippen LogP contribution in [0.4, 0.5) is 13.2 Å². The maximum atomic E-state index is 13.8. The highest BCUT2D eigenvalue weighted by Gasteiger charge is 2.35. The Kier molecular flexibility index (Phi) is 8.67. The molecule has 0 amide bonds. The van der Waals surface area contributed by atoms with Gasteiger partial charge in [0.2, 0.25) is 0 Å². The molecule has 8 heteroatoms. The first-order chi connectivity index (χ1) is 17.3. The van der Waals surface area contributed by atoms with Crippen LogP contribution in [0.15, 0.2) is 41.6 Å². The maximum Gasteiger partial charge on any atom is 0.416 e. The van der Waals surface area contributed by atoms with E-state index in [1.807, 2.05) is 12.1 Å². The lowest BCUT2D eigenvalue weighted by Crippen LogP contribution is -2.19. The Morgan fingerprint density at radius 1 is 1.03 bits per heavy atom. The van der Waals surface area contributed by atoms with E-state index in [9.17, 15) is 18.0 Å². The topological polar surface area (TPSA) is 70.9 Å². The first kappa shape index (κ1) is 26.2. The molecule has 2 aliphatic carbocycles. The van der Waals surface area contributed by atoms with Crippen molar-refractivity contribution in [1.82, 2.24) is 5.32 Å². The Hall–Kier alpha value is -2.87. The lowest BCUT2D eigenvalue weighted by molar-refractivity contribution is -0.139. The maximum absolute atomic E-state index is 13.8. The Balaban J connectivity index is 1.44. The number of nitrogens with zero attached hydrogens (tertiary/aromatic N) is 1. The summed E-state index contributed by atoms with van der Waals surface area (Å²) in [6.45, 7) is 0.904. The molecule has 2 aromatic rings. The van der Waals surface area contributed by atoms with Gasteiger partial charge in [-0.2, -0.15) is 13.2 Å². The van der Waals surface area contributed by atoms with Gasteiger partial charge in [-0.1, -0.05) is 48.7 Å². The van der Waals surface area contributed by atoms with Gasteiger partial charge in [-0.05, 0) is 72.4 Å². The van der Waals surface area contributed by atoms with Gasteiger partial charge >= 0.3 is 12.1 Å². The quantitative estimate of drug-likeness (QED) is 0.300. The zero-order valence-electron chi connectivity index (χ0n) is 20.4. The summed E-state index contributed by atoms with van der Waals surface area (Å²) >= 11 is 0. The average molecular weight is 503 g/mol. The van der Waals surface area contributed by atoms with Crippen molar-refractivity contribution in [3.05, 3.63) is 69.8 Å². The van der Waals surface area contributed by atoms with E-state index in [2.05, 4.69) is 16.5 Å². The molecule has 1 fully saturated rings. The van der Waals surface area contributed by atoms with E-state index in [-0.39, 0.29) is 18.9 Å². The van der Waals surface area contributed by atoms with Crippen molar-refractivity contribution in [3.8, 4) is 0 Å². The van der Waals surface area contributed by atoms with Crippen LogP contribution in [-0.2, 0) is 35.4 Å². The van der Waals surface area contributed by atoms with E-state index < -0.39 is 17.7 Å². The number of carbonyl (C=O) groups is 1. The van der Waals surface area contributed by atoms with Crippen molar-refractivity contribution in [1.29, 1.82) is 0 Å². The number of halogens is 3. The van der Waals surface area contributed by atoms with Crippen LogP contribution in [0.2, 0.25) is 0 Å². The number of hydrogen-bond acceptors (Lipinski definition) is 4. The highest BCUT2D eigenvalue weighted by Crippen LogP contribution is 2.41. The monoisotopic (exact) mass is 502 g/mol. The third kappa shape index (κ3) is 6.87. The summed E-state index contributed by atoms with van der Waals surface area (Å²) in [5.74, 6) is -0.873. The Bertz CT molecular complexity index is 1090. The van der Waals surface area contributed by atoms with E-state index in [0.717, 1.165) is 73.8 Å². The van der Waals surface area contributed by atoms with Crippen LogP contribution in [0.1, 0.15) is 90.7 Å². The second-order valence-electron chi connectivity index (χ2n) is 9.73. The number of fused-ring (bicyclic) bond motifs is 1. The van der Waals surface area contributed by atoms with Gasteiger partial charge in [0.05, 0.1) is 17.7 Å². The number of hydrogen-bond donors (Lipinski definition) is 2. The van der Waals surface area contributed by atoms with E-state index in [1.165, 1.54) is 6.07 Å². The molecule has 36 heavy (non-hydrogen) atoms. The van der Waals surface area contributed by atoms with Gasteiger partial charge < -0.3 is 15.3 Å². The van der Waals surface area contributed by atoms with E-state index >= 15 is 0 Å². The molecule has 2 aliphatic rings. The molecule has 2 aromatic carbocycles. The van der Waals surface area contributed by atoms with Crippen LogP contribution in [0.25, 0.3) is 0 Å². The summed E-state index contributed by atoms with van der Waals surface area (Å²) in [7, 11) is 0. The molecule has 0 saturated heterocycles. The molecule has 0 atom stereocenters. The summed E-state index contributed by atoms with van der Waals surface area (Å²) < 4.78 is 41.5. The van der Waals surface area contributed by atoms with Crippen LogP contribution >= 0.6 is 0 Å². The molecule has 0 heterocycles. The van der Waals surface area contributed by atoms with Crippen molar-refractivity contribution in [3.63, 3.8) is 0 Å². The molecule has 0 bridgehead atoms. The predicted molar refractivity (Wildman–Crippen MR) is 132 cm³/mol. The fourth-order valence-corrected chi connectivity index (χ4v) is 5.22. The SMILES string of the molecule is O=C(O)CCNCc1ccc2c(c1)/C(=N/OCc1ccc(C3CCCCC3)c(C(F)(F)F)c1)CCC2. The van der Waals surface area contributed by atoms with Crippen molar-refractivity contribution >= 4 is 11.7 Å². The predicted octanol–water partition coefficient (Wildman–Crippen LogP) is 6.57. The second-order valence-corrected chi connectivity index (χ2v) is 9.73. The van der Waals surface area contributed by atoms with Gasteiger partial charge in [0.25, 0.3) is 0 Å². The number of carboxylic acids is 1. The van der Waals surface area contributed by atoms with Gasteiger partial charge in [-0.15, -0.1) is 0 Å². The first-order valence-corrected chi connectivity index (χ1v) is 12.7. The number of rotatable bonds is 9. The molecule has 0 unspecified atom stereocenters. The summed E-state index contributed by atoms with van der Waals surface area (Å²) in [5, 5.41) is 16.2. The largest absolute Gasteiger partial charge is 0.481 e. The van der Waals surface area contributed by atoms with Crippen molar-refractivity contribution in [2.24, 2.45) is 5.16 Å². The lowest BCUT2D eigenvalue weighted by atomic mass is 9.81. The number of aliphatic carboxylic acids is 1. The average Bonchev–Trinajstić information content (AvgIpc) is 2.86. The Morgan fingerprint density at radius 3 is 2.56 bits per heavy atom. The number of aryl methyl sites for hydroxylation is 1.